The minimum atomic E-state index is -1.69. The summed E-state index contributed by atoms with van der Waals surface area (Å²) in [6.07, 6.45) is 6.10. The van der Waals surface area contributed by atoms with E-state index < -0.39 is 8.32 Å². The Hall–Kier alpha value is -0.713. The van der Waals surface area contributed by atoms with Crippen LogP contribution in [0, 0.1) is 0 Å². The number of pyridine rings is 1. The third kappa shape index (κ3) is 3.68. The molecule has 2 atom stereocenters. The lowest BCUT2D eigenvalue weighted by molar-refractivity contribution is -0.0403. The van der Waals surface area contributed by atoms with Crippen molar-refractivity contribution >= 4 is 8.32 Å². The highest BCUT2D eigenvalue weighted by atomic mass is 28.4. The van der Waals surface area contributed by atoms with Crippen LogP contribution in [0.25, 0.3) is 0 Å². The van der Waals surface area contributed by atoms with Crippen molar-refractivity contribution in [3.8, 4) is 0 Å². The molecule has 0 aromatic carbocycles. The highest BCUT2D eigenvalue weighted by molar-refractivity contribution is 6.74. The van der Waals surface area contributed by atoms with Gasteiger partial charge in [-0.2, -0.15) is 0 Å². The highest BCUT2D eigenvalue weighted by Gasteiger charge is 2.40. The van der Waals surface area contributed by atoms with Gasteiger partial charge in [0.2, 0.25) is 0 Å². The van der Waals surface area contributed by atoms with E-state index in [-0.39, 0.29) is 11.1 Å². The fourth-order valence-corrected chi connectivity index (χ4v) is 3.68. The fourth-order valence-electron chi connectivity index (χ4n) is 2.28. The molecule has 1 aliphatic heterocycles. The molecule has 1 fully saturated rings. The van der Waals surface area contributed by atoms with E-state index in [0.717, 1.165) is 19.4 Å². The minimum Gasteiger partial charge on any atom is -0.414 e. The molecule has 0 saturated carbocycles. The Morgan fingerprint density at radius 3 is 2.50 bits per heavy atom. The van der Waals surface area contributed by atoms with Gasteiger partial charge in [0, 0.05) is 25.4 Å². The molecule has 1 saturated heterocycles. The van der Waals surface area contributed by atoms with Gasteiger partial charge in [-0.3, -0.25) is 4.98 Å². The Kier molecular flexibility index (Phi) is 4.67. The molecule has 0 bridgehead atoms. The number of aromatic nitrogens is 1. The zero-order valence-electron chi connectivity index (χ0n) is 13.3. The van der Waals surface area contributed by atoms with Crippen LogP contribution in [0.3, 0.4) is 0 Å². The Morgan fingerprint density at radius 1 is 1.25 bits per heavy atom. The first kappa shape index (κ1) is 15.7. The molecule has 0 unspecified atom stereocenters. The number of nitrogens with zero attached hydrogens (tertiary/aromatic N) is 1. The summed E-state index contributed by atoms with van der Waals surface area (Å²) in [5.41, 5.74) is 1.21. The van der Waals surface area contributed by atoms with Gasteiger partial charge in [-0.15, -0.1) is 0 Å². The fraction of sp³-hybridized carbons (Fsp3) is 0.688. The van der Waals surface area contributed by atoms with Crippen molar-refractivity contribution in [3.63, 3.8) is 0 Å². The molecule has 0 N–H and O–H groups in total. The van der Waals surface area contributed by atoms with Gasteiger partial charge >= 0.3 is 0 Å². The van der Waals surface area contributed by atoms with E-state index in [1.165, 1.54) is 5.56 Å². The molecule has 3 nitrogen and oxygen atoms in total. The smallest absolute Gasteiger partial charge is 0.192 e. The summed E-state index contributed by atoms with van der Waals surface area (Å²) >= 11 is 0. The van der Waals surface area contributed by atoms with Crippen molar-refractivity contribution in [2.24, 2.45) is 0 Å². The van der Waals surface area contributed by atoms with Crippen molar-refractivity contribution in [3.05, 3.63) is 30.1 Å². The normalized spacial score (nSPS) is 24.6. The van der Waals surface area contributed by atoms with Gasteiger partial charge in [0.25, 0.3) is 0 Å². The summed E-state index contributed by atoms with van der Waals surface area (Å²) in [5.74, 6) is 0. The van der Waals surface area contributed by atoms with Gasteiger partial charge in [0.1, 0.15) is 0 Å². The lowest BCUT2D eigenvalue weighted by atomic mass is 10.0. The summed E-state index contributed by atoms with van der Waals surface area (Å²) in [5, 5.41) is 0.261. The van der Waals surface area contributed by atoms with Crippen LogP contribution in [-0.2, 0) is 9.16 Å². The van der Waals surface area contributed by atoms with E-state index in [4.69, 9.17) is 9.16 Å². The number of ether oxygens (including phenoxy) is 1. The zero-order chi connectivity index (χ0) is 14.8. The van der Waals surface area contributed by atoms with Gasteiger partial charge in [-0.25, -0.2) is 0 Å². The standard InChI is InChI=1S/C16H27NO2Si/c1-16(2,3)20(4,5)19-14-8-11-18-15(12-14)13-6-9-17-10-7-13/h6-7,9-10,14-15H,8,11-12H2,1-5H3/t14-,15+/m0/s1. The number of hydrogen-bond acceptors (Lipinski definition) is 3. The molecule has 0 amide bonds. The van der Waals surface area contributed by atoms with Crippen LogP contribution in [0.4, 0.5) is 0 Å². The maximum atomic E-state index is 6.54. The second kappa shape index (κ2) is 5.96. The third-order valence-corrected chi connectivity index (χ3v) is 9.12. The van der Waals surface area contributed by atoms with Gasteiger partial charge in [-0.1, -0.05) is 20.8 Å². The van der Waals surface area contributed by atoms with Gasteiger partial charge < -0.3 is 9.16 Å². The SMILES string of the molecule is CC(C)(C)[Si](C)(C)O[C@H]1CCO[C@@H](c2ccncc2)C1. The number of hydrogen-bond donors (Lipinski definition) is 0. The van der Waals surface area contributed by atoms with Gasteiger partial charge in [-0.05, 0) is 42.2 Å². The molecule has 0 radical (unpaired) electrons. The minimum absolute atomic E-state index is 0.154. The molecule has 1 aromatic rings. The molecule has 0 aliphatic carbocycles. The number of rotatable bonds is 3. The molecule has 4 heteroatoms. The van der Waals surface area contributed by atoms with E-state index in [1.54, 1.807) is 0 Å². The highest BCUT2D eigenvalue weighted by Crippen LogP contribution is 2.40. The lowest BCUT2D eigenvalue weighted by Gasteiger charge is -2.41. The van der Waals surface area contributed by atoms with Crippen LogP contribution in [0.1, 0.15) is 45.3 Å². The van der Waals surface area contributed by atoms with Crippen molar-refractivity contribution in [1.29, 1.82) is 0 Å². The second-order valence-corrected chi connectivity index (χ2v) is 11.9. The Labute approximate surface area is 123 Å². The molecule has 20 heavy (non-hydrogen) atoms. The van der Waals surface area contributed by atoms with Crippen molar-refractivity contribution < 1.29 is 9.16 Å². The molecule has 1 aliphatic rings. The largest absolute Gasteiger partial charge is 0.414 e. The van der Waals surface area contributed by atoms with Crippen molar-refractivity contribution in [1.82, 2.24) is 4.98 Å². The van der Waals surface area contributed by atoms with E-state index >= 15 is 0 Å². The summed E-state index contributed by atoms with van der Waals surface area (Å²) in [4.78, 5) is 4.07. The first-order chi connectivity index (χ1) is 9.29. The first-order valence-electron chi connectivity index (χ1n) is 7.49. The van der Waals surface area contributed by atoms with E-state index in [9.17, 15) is 0 Å². The predicted octanol–water partition coefficient (Wildman–Crippen LogP) is 4.32. The lowest BCUT2D eigenvalue weighted by Crippen LogP contribution is -2.45. The molecule has 2 rings (SSSR count). The molecule has 1 aromatic heterocycles. The van der Waals surface area contributed by atoms with Crippen LogP contribution in [0.15, 0.2) is 24.5 Å². The first-order valence-corrected chi connectivity index (χ1v) is 10.4. The van der Waals surface area contributed by atoms with Gasteiger partial charge in [0.05, 0.1) is 12.2 Å². The molecule has 0 spiro atoms. The third-order valence-electron chi connectivity index (χ3n) is 4.58. The molecular formula is C16H27NO2Si. The Bertz CT molecular complexity index is 428. The van der Waals surface area contributed by atoms with Crippen molar-refractivity contribution in [2.45, 2.75) is 64.0 Å². The summed E-state index contributed by atoms with van der Waals surface area (Å²) < 4.78 is 12.4. The van der Waals surface area contributed by atoms with E-state index in [0.29, 0.717) is 6.10 Å². The Morgan fingerprint density at radius 2 is 1.90 bits per heavy atom. The van der Waals surface area contributed by atoms with Crippen LogP contribution in [0.5, 0.6) is 0 Å². The predicted molar refractivity (Wildman–Crippen MR) is 84.2 cm³/mol. The average molecular weight is 293 g/mol. The molecular weight excluding hydrogens is 266 g/mol. The molecule has 2 heterocycles. The monoisotopic (exact) mass is 293 g/mol. The topological polar surface area (TPSA) is 31.4 Å². The second-order valence-electron chi connectivity index (χ2n) is 7.16. The van der Waals surface area contributed by atoms with Crippen LogP contribution in [-0.4, -0.2) is 26.0 Å². The summed E-state index contributed by atoms with van der Waals surface area (Å²) in [7, 11) is -1.69. The van der Waals surface area contributed by atoms with Crippen molar-refractivity contribution in [2.75, 3.05) is 6.61 Å². The van der Waals surface area contributed by atoms with E-state index in [2.05, 4.69) is 38.8 Å². The quantitative estimate of drug-likeness (QED) is 0.778. The van der Waals surface area contributed by atoms with Gasteiger partial charge in [0.15, 0.2) is 8.32 Å². The van der Waals surface area contributed by atoms with Crippen LogP contribution in [0.2, 0.25) is 18.1 Å². The maximum Gasteiger partial charge on any atom is 0.192 e. The van der Waals surface area contributed by atoms with Crippen LogP contribution < -0.4 is 0 Å². The average Bonchev–Trinajstić information content (AvgIpc) is 2.38. The van der Waals surface area contributed by atoms with E-state index in [1.807, 2.05) is 24.5 Å². The zero-order valence-corrected chi connectivity index (χ0v) is 14.3. The maximum absolute atomic E-state index is 6.54. The summed E-state index contributed by atoms with van der Waals surface area (Å²) in [6.45, 7) is 12.3. The summed E-state index contributed by atoms with van der Waals surface area (Å²) in [6, 6.07) is 4.08. The molecule has 112 valence electrons. The Balaban J connectivity index is 2.01. The van der Waals surface area contributed by atoms with Crippen LogP contribution >= 0.6 is 0 Å².